The fourth-order valence-corrected chi connectivity index (χ4v) is 2.56. The molecule has 0 aliphatic heterocycles. The first-order chi connectivity index (χ1) is 6.32. The summed E-state index contributed by atoms with van der Waals surface area (Å²) in [5.41, 5.74) is 0.294. The summed E-state index contributed by atoms with van der Waals surface area (Å²) in [7, 11) is 1.31. The van der Waals surface area contributed by atoms with Crippen molar-refractivity contribution in [3.05, 3.63) is 23.8 Å². The third kappa shape index (κ3) is 4.09. The van der Waals surface area contributed by atoms with Crippen molar-refractivity contribution < 1.29 is 13.2 Å². The van der Waals surface area contributed by atoms with E-state index in [4.69, 9.17) is 10.7 Å². The quantitative estimate of drug-likeness (QED) is 0.384. The number of halogens is 1. The molecule has 1 aromatic rings. The summed E-state index contributed by atoms with van der Waals surface area (Å²) in [6.45, 7) is 1.35. The minimum absolute atomic E-state index is 0. The van der Waals surface area contributed by atoms with E-state index in [-0.39, 0.29) is 45.1 Å². The molecule has 0 spiro atoms. The number of thiol groups is 1. The Morgan fingerprint density at radius 1 is 1.40 bits per heavy atom. The average molecular weight is 275 g/mol. The molecule has 0 aliphatic carbocycles. The van der Waals surface area contributed by atoms with E-state index in [0.29, 0.717) is 5.56 Å². The molecule has 0 aliphatic rings. The molecule has 1 rings (SSSR count). The van der Waals surface area contributed by atoms with Crippen LogP contribution in [0, 0.1) is 0 Å². The molecule has 0 atom stereocenters. The topological polar surface area (TPSA) is 51.2 Å². The Morgan fingerprint density at radius 2 is 1.93 bits per heavy atom. The number of hydrogen-bond donors (Lipinski definition) is 1. The molecular weight excluding hydrogens is 267 g/mol. The molecule has 0 aromatic heterocycles. The van der Waals surface area contributed by atoms with Gasteiger partial charge in [0.2, 0.25) is 0 Å². The number of carbonyl (C=O) groups excluding carboxylic acids is 1. The van der Waals surface area contributed by atoms with Gasteiger partial charge >= 0.3 is 29.6 Å². The van der Waals surface area contributed by atoms with E-state index < -0.39 is 9.05 Å². The Kier molecular flexibility index (Phi) is 5.89. The first-order valence-corrected chi connectivity index (χ1v) is 6.36. The summed E-state index contributed by atoms with van der Waals surface area (Å²) in [4.78, 5) is 11.1. The molecule has 0 saturated heterocycles. The van der Waals surface area contributed by atoms with Crippen LogP contribution in [0.25, 0.3) is 0 Å². The van der Waals surface area contributed by atoms with E-state index >= 15 is 0 Å². The summed E-state index contributed by atoms with van der Waals surface area (Å²) in [6.07, 6.45) is 0. The zero-order valence-corrected chi connectivity index (χ0v) is 9.66. The second kappa shape index (κ2) is 5.70. The molecule has 0 unspecified atom stereocenters. The average Bonchev–Trinajstić information content (AvgIpc) is 2.02. The zero-order valence-electron chi connectivity index (χ0n) is 7.19. The van der Waals surface area contributed by atoms with E-state index in [1.165, 1.54) is 25.1 Å². The molecule has 15 heavy (non-hydrogen) atoms. The number of carbonyl (C=O) groups is 1. The molecule has 7 heteroatoms. The van der Waals surface area contributed by atoms with E-state index in [9.17, 15) is 13.2 Å². The zero-order chi connectivity index (χ0) is 10.9. The summed E-state index contributed by atoms with van der Waals surface area (Å²) >= 11 is 3.93. The van der Waals surface area contributed by atoms with Crippen LogP contribution in [0.4, 0.5) is 0 Å². The fourth-order valence-electron chi connectivity index (χ4n) is 0.928. The van der Waals surface area contributed by atoms with E-state index in [2.05, 4.69) is 12.6 Å². The summed E-state index contributed by atoms with van der Waals surface area (Å²) < 4.78 is 22.1. The van der Waals surface area contributed by atoms with E-state index in [0.717, 1.165) is 0 Å². The molecule has 0 fully saturated rings. The molecule has 78 valence electrons. The van der Waals surface area contributed by atoms with Gasteiger partial charge in [0, 0.05) is 21.1 Å². The fraction of sp³-hybridized carbons (Fsp3) is 0.125. The second-order valence-corrected chi connectivity index (χ2v) is 5.69. The van der Waals surface area contributed by atoms with Crippen LogP contribution < -0.4 is 0 Å². The van der Waals surface area contributed by atoms with Gasteiger partial charge in [-0.05, 0) is 19.1 Å². The number of rotatable bonds is 2. The van der Waals surface area contributed by atoms with Crippen molar-refractivity contribution in [1.82, 2.24) is 0 Å². The van der Waals surface area contributed by atoms with Crippen molar-refractivity contribution in [2.45, 2.75) is 16.7 Å². The van der Waals surface area contributed by atoms with Crippen LogP contribution in [0.15, 0.2) is 28.0 Å². The Balaban J connectivity index is 0.00000196. The predicted octanol–water partition coefficient (Wildman–Crippen LogP) is 1.46. The Hall–Kier alpha value is 0.480. The maximum absolute atomic E-state index is 11.0. The standard InChI is InChI=1S/C8H7ClO3S2.Na.H/c1-5(10)6-2-3-7(13)8(4-6)14(9,11)12;;/h2-4,13H,1H3;;. The van der Waals surface area contributed by atoms with Crippen LogP contribution in [0.1, 0.15) is 17.3 Å². The Bertz CT molecular complexity index is 485. The van der Waals surface area contributed by atoms with Crippen LogP contribution in [0.2, 0.25) is 0 Å². The van der Waals surface area contributed by atoms with Crippen molar-refractivity contribution in [2.24, 2.45) is 0 Å². The molecule has 0 bridgehead atoms. The number of benzene rings is 1. The maximum atomic E-state index is 11.0. The summed E-state index contributed by atoms with van der Waals surface area (Å²) in [6, 6.07) is 4.14. The van der Waals surface area contributed by atoms with Crippen LogP contribution in [-0.2, 0) is 9.05 Å². The normalized spacial score (nSPS) is 10.6. The molecule has 3 nitrogen and oxygen atoms in total. The van der Waals surface area contributed by atoms with Gasteiger partial charge in [0.25, 0.3) is 9.05 Å². The number of ketones is 1. The van der Waals surface area contributed by atoms with Crippen molar-refractivity contribution >= 4 is 67.7 Å². The molecule has 0 saturated carbocycles. The molecule has 0 heterocycles. The van der Waals surface area contributed by atoms with Crippen LogP contribution in [0.5, 0.6) is 0 Å². The van der Waals surface area contributed by atoms with E-state index in [1.54, 1.807) is 0 Å². The van der Waals surface area contributed by atoms with Gasteiger partial charge in [0.15, 0.2) is 5.78 Å². The van der Waals surface area contributed by atoms with Gasteiger partial charge in [-0.15, -0.1) is 12.6 Å². The summed E-state index contributed by atoms with van der Waals surface area (Å²) in [5.74, 6) is -0.222. The SMILES string of the molecule is CC(=O)c1ccc(S)c(S(=O)(=O)Cl)c1.[NaH]. The monoisotopic (exact) mass is 274 g/mol. The van der Waals surface area contributed by atoms with Crippen molar-refractivity contribution in [1.29, 1.82) is 0 Å². The first kappa shape index (κ1) is 15.5. The Morgan fingerprint density at radius 3 is 2.33 bits per heavy atom. The third-order valence-corrected chi connectivity index (χ3v) is 3.53. The minimum atomic E-state index is -3.85. The van der Waals surface area contributed by atoms with Crippen molar-refractivity contribution in [2.75, 3.05) is 0 Å². The van der Waals surface area contributed by atoms with Crippen molar-refractivity contribution in [3.8, 4) is 0 Å². The van der Waals surface area contributed by atoms with Gasteiger partial charge in [-0.1, -0.05) is 6.07 Å². The van der Waals surface area contributed by atoms with Gasteiger partial charge in [-0.2, -0.15) is 0 Å². The molecule has 0 N–H and O–H groups in total. The van der Waals surface area contributed by atoms with Gasteiger partial charge in [-0.3, -0.25) is 4.79 Å². The van der Waals surface area contributed by atoms with Gasteiger partial charge in [0.1, 0.15) is 0 Å². The van der Waals surface area contributed by atoms with Crippen molar-refractivity contribution in [3.63, 3.8) is 0 Å². The molecule has 0 radical (unpaired) electrons. The van der Waals surface area contributed by atoms with E-state index in [1.807, 2.05) is 0 Å². The van der Waals surface area contributed by atoms with Crippen LogP contribution in [-0.4, -0.2) is 43.8 Å². The van der Waals surface area contributed by atoms with Crippen LogP contribution in [0.3, 0.4) is 0 Å². The molecular formula is C8H8ClNaO3S2. The third-order valence-electron chi connectivity index (χ3n) is 1.63. The molecule has 0 amide bonds. The predicted molar refractivity (Wildman–Crippen MR) is 63.9 cm³/mol. The number of hydrogen-bond acceptors (Lipinski definition) is 4. The number of Topliss-reactive ketones (excluding diaryl/α,β-unsaturated/α-hetero) is 1. The van der Waals surface area contributed by atoms with Gasteiger partial charge in [-0.25, -0.2) is 8.42 Å². The Labute approximate surface area is 120 Å². The second-order valence-electron chi connectivity index (χ2n) is 2.68. The molecule has 1 aromatic carbocycles. The van der Waals surface area contributed by atoms with Gasteiger partial charge < -0.3 is 0 Å². The van der Waals surface area contributed by atoms with Gasteiger partial charge in [0.05, 0.1) is 4.90 Å². The van der Waals surface area contributed by atoms with Crippen LogP contribution >= 0.6 is 23.3 Å². The first-order valence-electron chi connectivity index (χ1n) is 3.61. The summed E-state index contributed by atoms with van der Waals surface area (Å²) in [5, 5.41) is 0.